The van der Waals surface area contributed by atoms with Crippen molar-refractivity contribution in [3.63, 3.8) is 0 Å². The van der Waals surface area contributed by atoms with E-state index in [9.17, 15) is 18.4 Å². The molecular formula is C50H60Cl2F2N6O7. The normalized spacial score (nSPS) is 20.1. The van der Waals surface area contributed by atoms with Crippen LogP contribution in [0.2, 0.25) is 0 Å². The molecule has 0 saturated carbocycles. The first-order valence-corrected chi connectivity index (χ1v) is 22.8. The monoisotopic (exact) mass is 964 g/mol. The number of fused-ring (bicyclic) bond motifs is 6. The molecule has 2 aliphatic carbocycles. The molecule has 4 aromatic rings. The van der Waals surface area contributed by atoms with Crippen molar-refractivity contribution >= 4 is 59.4 Å². The average Bonchev–Trinajstić information content (AvgIpc) is 3.32. The van der Waals surface area contributed by atoms with Gasteiger partial charge in [-0.3, -0.25) is 19.4 Å². The van der Waals surface area contributed by atoms with Crippen molar-refractivity contribution in [3.05, 3.63) is 119 Å². The highest BCUT2D eigenvalue weighted by Gasteiger charge is 2.36. The van der Waals surface area contributed by atoms with Gasteiger partial charge < -0.3 is 24.4 Å². The molecule has 0 bridgehead atoms. The molecule has 4 aromatic carbocycles. The lowest BCUT2D eigenvalue weighted by Gasteiger charge is -2.33. The van der Waals surface area contributed by atoms with E-state index in [0.717, 1.165) is 149 Å². The van der Waals surface area contributed by atoms with Crippen LogP contribution in [0.3, 0.4) is 0 Å². The summed E-state index contributed by atoms with van der Waals surface area (Å²) in [5, 5.41) is 12.2. The molecule has 10 rings (SSSR count). The Morgan fingerprint density at radius 1 is 0.567 bits per heavy atom. The number of ether oxygens (including phenoxy) is 4. The van der Waals surface area contributed by atoms with E-state index >= 15 is 0 Å². The molecule has 0 radical (unpaired) electrons. The molecule has 0 spiro atoms. The fourth-order valence-corrected chi connectivity index (χ4v) is 9.35. The number of amides is 2. The minimum atomic E-state index is -0.273. The molecule has 2 unspecified atom stereocenters. The van der Waals surface area contributed by atoms with Gasteiger partial charge in [-0.1, -0.05) is 12.1 Å². The number of hydrogen-bond donors (Lipinski definition) is 0. The van der Waals surface area contributed by atoms with E-state index < -0.39 is 0 Å². The summed E-state index contributed by atoms with van der Waals surface area (Å²) in [7, 11) is 0. The summed E-state index contributed by atoms with van der Waals surface area (Å²) in [4.78, 5) is 30.3. The highest BCUT2D eigenvalue weighted by molar-refractivity contribution is 6.12. The van der Waals surface area contributed by atoms with E-state index in [2.05, 4.69) is 20.0 Å². The van der Waals surface area contributed by atoms with Crippen molar-refractivity contribution in [1.29, 1.82) is 0 Å². The molecule has 6 aliphatic rings. The zero-order valence-corrected chi connectivity index (χ0v) is 39.2. The minimum absolute atomic E-state index is 0. The van der Waals surface area contributed by atoms with Gasteiger partial charge in [-0.25, -0.2) is 18.8 Å². The molecular weight excluding hydrogens is 905 g/mol. The molecule has 2 amide bonds. The van der Waals surface area contributed by atoms with Gasteiger partial charge in [-0.15, -0.1) is 24.8 Å². The molecule has 4 aliphatic heterocycles. The van der Waals surface area contributed by atoms with Gasteiger partial charge in [0.05, 0.1) is 62.4 Å². The number of rotatable bonds is 12. The number of benzene rings is 4. The molecule has 2 saturated heterocycles. The summed E-state index contributed by atoms with van der Waals surface area (Å²) in [5.74, 6) is 1.06. The maximum atomic E-state index is 13.9. The topological polar surface area (TPSA) is 140 Å². The Labute approximate surface area is 403 Å². The first kappa shape index (κ1) is 51.4. The molecule has 2 fully saturated rings. The smallest absolute Gasteiger partial charge is 0.248 e. The largest absolute Gasteiger partial charge is 0.494 e. The highest BCUT2D eigenvalue weighted by Crippen LogP contribution is 2.36. The summed E-state index contributed by atoms with van der Waals surface area (Å²) in [6.45, 7) is 10.5. The van der Waals surface area contributed by atoms with Crippen LogP contribution in [0.5, 0.6) is 11.5 Å². The van der Waals surface area contributed by atoms with E-state index in [1.165, 1.54) is 22.2 Å². The van der Waals surface area contributed by atoms with E-state index in [4.69, 9.17) is 18.9 Å². The summed E-state index contributed by atoms with van der Waals surface area (Å²) < 4.78 is 50.2. The third-order valence-electron chi connectivity index (χ3n) is 12.9. The molecule has 67 heavy (non-hydrogen) atoms. The summed E-state index contributed by atoms with van der Waals surface area (Å²) >= 11 is 0. The molecule has 17 heteroatoms. The van der Waals surface area contributed by atoms with E-state index in [-0.39, 0.29) is 65.6 Å². The molecule has 360 valence electrons. The zero-order valence-electron chi connectivity index (χ0n) is 37.6. The van der Waals surface area contributed by atoms with Gasteiger partial charge in [0.25, 0.3) is 0 Å². The summed E-state index contributed by atoms with van der Waals surface area (Å²) in [6.07, 6.45) is 6.15. The van der Waals surface area contributed by atoms with E-state index in [0.29, 0.717) is 37.4 Å². The maximum absolute atomic E-state index is 13.9. The van der Waals surface area contributed by atoms with Gasteiger partial charge in [0.15, 0.2) is 0 Å². The van der Waals surface area contributed by atoms with Crippen LogP contribution in [-0.4, -0.2) is 117 Å². The summed E-state index contributed by atoms with van der Waals surface area (Å²) in [5.41, 5.74) is 6.88. The Balaban J connectivity index is 0.000000212. The number of aryl methyl sites for hydroxylation is 2. The van der Waals surface area contributed by atoms with Crippen LogP contribution in [0.25, 0.3) is 0 Å². The second kappa shape index (κ2) is 24.3. The summed E-state index contributed by atoms with van der Waals surface area (Å²) in [6, 6.07) is 24.6. The number of anilines is 2. The number of morpholine rings is 2. The van der Waals surface area contributed by atoms with Gasteiger partial charge in [-0.2, -0.15) is 10.2 Å². The number of nitrogens with zero attached hydrogens (tertiary/aromatic N) is 6. The first-order valence-electron chi connectivity index (χ1n) is 22.8. The van der Waals surface area contributed by atoms with Crippen molar-refractivity contribution in [2.24, 2.45) is 22.0 Å². The second-order valence-corrected chi connectivity index (χ2v) is 17.2. The number of hydrazone groups is 2. The molecule has 2 N–H and O–H groups in total. The quantitative estimate of drug-likeness (QED) is 0.135. The molecule has 13 nitrogen and oxygen atoms in total. The van der Waals surface area contributed by atoms with Crippen molar-refractivity contribution in [2.45, 2.75) is 51.4 Å². The van der Waals surface area contributed by atoms with Crippen molar-refractivity contribution in [1.82, 2.24) is 9.80 Å². The highest BCUT2D eigenvalue weighted by atomic mass is 35.5. The van der Waals surface area contributed by atoms with Crippen molar-refractivity contribution in [2.75, 3.05) is 88.9 Å². The number of halogens is 4. The lowest BCUT2D eigenvalue weighted by molar-refractivity contribution is -0.120. The fourth-order valence-electron chi connectivity index (χ4n) is 9.35. The fraction of sp³-hybridized carbons (Fsp3) is 0.440. The Kier molecular flexibility index (Phi) is 18.7. The van der Waals surface area contributed by atoms with Gasteiger partial charge in [0, 0.05) is 75.1 Å². The molecule has 4 heterocycles. The SMILES string of the molecule is Cl.Cl.O.O=C1CC2CCc3ccc(F)cc3C2=NN1c1ccc(OCCCN2CCOCC2)cc1.O=C1CC2CCc3ccc(F)cc3C2=NN1c1ccc(OCCCN2CCOCC2)cc1. The van der Waals surface area contributed by atoms with Gasteiger partial charge >= 0.3 is 0 Å². The minimum Gasteiger partial charge on any atom is -0.494 e. The van der Waals surface area contributed by atoms with Crippen molar-refractivity contribution in [3.8, 4) is 11.5 Å². The van der Waals surface area contributed by atoms with E-state index in [1.54, 1.807) is 12.1 Å². The number of hydrogen-bond acceptors (Lipinski definition) is 10. The van der Waals surface area contributed by atoms with Gasteiger partial charge in [0.1, 0.15) is 23.1 Å². The third-order valence-corrected chi connectivity index (χ3v) is 12.9. The van der Waals surface area contributed by atoms with Crippen LogP contribution in [0.1, 0.15) is 60.8 Å². The predicted octanol–water partition coefficient (Wildman–Crippen LogP) is 7.28. The van der Waals surface area contributed by atoms with Crippen LogP contribution in [0.15, 0.2) is 95.1 Å². The lowest BCUT2D eigenvalue weighted by Crippen LogP contribution is -2.39. The van der Waals surface area contributed by atoms with Crippen LogP contribution < -0.4 is 19.5 Å². The van der Waals surface area contributed by atoms with Crippen molar-refractivity contribution < 1.29 is 42.8 Å². The lowest BCUT2D eigenvalue weighted by atomic mass is 9.79. The number of carbonyl (C=O) groups excluding carboxylic acids is 2. The Bertz CT molecular complexity index is 2180. The Morgan fingerprint density at radius 2 is 0.955 bits per heavy atom. The first-order chi connectivity index (χ1) is 31.3. The Morgan fingerprint density at radius 3 is 1.34 bits per heavy atom. The predicted molar refractivity (Wildman–Crippen MR) is 259 cm³/mol. The van der Waals surface area contributed by atoms with Crippen LogP contribution in [0, 0.1) is 23.5 Å². The van der Waals surface area contributed by atoms with Gasteiger partial charge in [0.2, 0.25) is 11.8 Å². The van der Waals surface area contributed by atoms with E-state index in [1.807, 2.05) is 60.7 Å². The third kappa shape index (κ3) is 12.8. The molecule has 2 atom stereocenters. The molecule has 0 aromatic heterocycles. The Hall–Kier alpha value is -5.00. The van der Waals surface area contributed by atoms with Gasteiger partial charge in [-0.05, 0) is 122 Å². The average molecular weight is 966 g/mol. The standard InChI is InChI=1S/2C25H28FN3O3.2ClH.H2O/c2*26-20-5-4-18-2-3-19-16-24(30)29(27-25(19)23(18)17-20)21-6-8-22(9-7-21)32-13-1-10-28-11-14-31-15-12-28;;;/h2*4-9,17,19H,1-3,10-16H2;2*1H;1H2. The second-order valence-electron chi connectivity index (χ2n) is 17.2. The number of carbonyl (C=O) groups is 2. The van der Waals surface area contributed by atoms with Crippen LogP contribution >= 0.6 is 24.8 Å². The van der Waals surface area contributed by atoms with Crippen LogP contribution in [-0.2, 0) is 31.9 Å². The van der Waals surface area contributed by atoms with Crippen LogP contribution in [0.4, 0.5) is 20.2 Å². The maximum Gasteiger partial charge on any atom is 0.248 e. The zero-order chi connectivity index (χ0) is 43.8.